The number of halogens is 2. The van der Waals surface area contributed by atoms with Crippen LogP contribution < -0.4 is 10.5 Å². The Kier molecular flexibility index (Phi) is 5.76. The van der Waals surface area contributed by atoms with Crippen LogP contribution in [0.1, 0.15) is 24.2 Å². The number of nitrogens with one attached hydrogen (secondary N) is 1. The first kappa shape index (κ1) is 17.5. The minimum atomic E-state index is -4.25. The van der Waals surface area contributed by atoms with E-state index in [2.05, 4.69) is 5.32 Å². The molecule has 118 valence electrons. The summed E-state index contributed by atoms with van der Waals surface area (Å²) in [6.45, 7) is 3.94. The van der Waals surface area contributed by atoms with Crippen LogP contribution in [0.4, 0.5) is 8.78 Å². The Morgan fingerprint density at radius 2 is 2.05 bits per heavy atom. The van der Waals surface area contributed by atoms with Gasteiger partial charge >= 0.3 is 0 Å². The number of carbonyl (C=O) groups excluding carboxylic acids is 1. The summed E-state index contributed by atoms with van der Waals surface area (Å²) in [4.78, 5) is 11.1. The van der Waals surface area contributed by atoms with Gasteiger partial charge < -0.3 is 10.1 Å². The smallest absolute Gasteiger partial charge is 0.254 e. The predicted molar refractivity (Wildman–Crippen MR) is 71.2 cm³/mol. The van der Waals surface area contributed by atoms with Crippen LogP contribution in [-0.2, 0) is 14.8 Å². The van der Waals surface area contributed by atoms with Gasteiger partial charge in [-0.1, -0.05) is 0 Å². The van der Waals surface area contributed by atoms with Crippen LogP contribution >= 0.6 is 0 Å². The number of primary sulfonamides is 1. The topological polar surface area (TPSA) is 98.5 Å². The fourth-order valence-corrected chi connectivity index (χ4v) is 2.12. The third kappa shape index (κ3) is 4.73. The monoisotopic (exact) mass is 322 g/mol. The first-order valence-electron chi connectivity index (χ1n) is 6.08. The van der Waals surface area contributed by atoms with Crippen molar-refractivity contribution in [2.75, 3.05) is 13.2 Å². The molecular weight excluding hydrogens is 306 g/mol. The second kappa shape index (κ2) is 6.92. The molecule has 9 heteroatoms. The van der Waals surface area contributed by atoms with E-state index in [4.69, 9.17) is 9.88 Å². The number of rotatable bonds is 6. The van der Waals surface area contributed by atoms with Gasteiger partial charge in [0.15, 0.2) is 11.6 Å². The number of hydrogen-bond acceptors (Lipinski definition) is 4. The van der Waals surface area contributed by atoms with E-state index in [0.717, 1.165) is 0 Å². The van der Waals surface area contributed by atoms with Crippen LogP contribution in [-0.4, -0.2) is 33.6 Å². The summed E-state index contributed by atoms with van der Waals surface area (Å²) in [7, 11) is -4.25. The maximum absolute atomic E-state index is 13.6. The molecule has 6 nitrogen and oxygen atoms in total. The lowest BCUT2D eigenvalue weighted by molar-refractivity contribution is 0.0693. The molecule has 0 aromatic heterocycles. The number of benzene rings is 1. The average molecular weight is 322 g/mol. The zero-order valence-electron chi connectivity index (χ0n) is 11.5. The molecule has 0 bridgehead atoms. The van der Waals surface area contributed by atoms with Crippen molar-refractivity contribution in [3.05, 3.63) is 29.3 Å². The molecule has 21 heavy (non-hydrogen) atoms. The molecule has 1 aromatic rings. The molecule has 0 fully saturated rings. The molecule has 0 aliphatic carbocycles. The Balaban J connectivity index is 3.01. The van der Waals surface area contributed by atoms with Gasteiger partial charge in [0, 0.05) is 13.2 Å². The highest BCUT2D eigenvalue weighted by Gasteiger charge is 2.21. The van der Waals surface area contributed by atoms with Crippen molar-refractivity contribution < 1.29 is 26.7 Å². The Hall–Kier alpha value is -1.58. The lowest BCUT2D eigenvalue weighted by Gasteiger charge is -2.13. The Morgan fingerprint density at radius 1 is 1.43 bits per heavy atom. The average Bonchev–Trinajstić information content (AvgIpc) is 2.38. The highest BCUT2D eigenvalue weighted by atomic mass is 32.2. The summed E-state index contributed by atoms with van der Waals surface area (Å²) in [6.07, 6.45) is -0.326. The molecular formula is C12H16F2N2O4S. The molecule has 1 amide bonds. The van der Waals surface area contributed by atoms with E-state index in [1.54, 1.807) is 13.8 Å². The predicted octanol–water partition coefficient (Wildman–Crippen LogP) is 0.767. The molecule has 0 heterocycles. The van der Waals surface area contributed by atoms with E-state index in [1.807, 2.05) is 0 Å². The summed E-state index contributed by atoms with van der Waals surface area (Å²) < 4.78 is 54.4. The highest BCUT2D eigenvalue weighted by molar-refractivity contribution is 7.89. The van der Waals surface area contributed by atoms with Crippen LogP contribution in [0, 0.1) is 11.6 Å². The third-order valence-electron chi connectivity index (χ3n) is 2.58. The van der Waals surface area contributed by atoms with Crippen LogP contribution in [0.3, 0.4) is 0 Å². The van der Waals surface area contributed by atoms with Crippen molar-refractivity contribution in [1.29, 1.82) is 0 Å². The summed E-state index contributed by atoms with van der Waals surface area (Å²) in [5.41, 5.74) is -0.734. The van der Waals surface area contributed by atoms with Gasteiger partial charge in [0.1, 0.15) is 0 Å². The number of carbonyl (C=O) groups is 1. The number of sulfonamides is 1. The van der Waals surface area contributed by atoms with E-state index in [0.29, 0.717) is 18.7 Å². The van der Waals surface area contributed by atoms with Gasteiger partial charge in [0.2, 0.25) is 10.0 Å². The quantitative estimate of drug-likeness (QED) is 0.808. The molecule has 1 atom stereocenters. The molecule has 1 unspecified atom stereocenters. The van der Waals surface area contributed by atoms with E-state index >= 15 is 0 Å². The summed E-state index contributed by atoms with van der Waals surface area (Å²) >= 11 is 0. The summed E-state index contributed by atoms with van der Waals surface area (Å²) in [6, 6.07) is 1.11. The van der Waals surface area contributed by atoms with E-state index < -0.39 is 38.0 Å². The van der Waals surface area contributed by atoms with Crippen molar-refractivity contribution in [3.8, 4) is 0 Å². The van der Waals surface area contributed by atoms with Gasteiger partial charge in [0.25, 0.3) is 5.91 Å². The molecule has 0 saturated heterocycles. The van der Waals surface area contributed by atoms with Crippen molar-refractivity contribution in [2.45, 2.75) is 24.8 Å². The van der Waals surface area contributed by atoms with Gasteiger partial charge in [-0.15, -0.1) is 0 Å². The molecule has 0 aliphatic rings. The van der Waals surface area contributed by atoms with E-state index in [-0.39, 0.29) is 12.6 Å². The molecule has 3 N–H and O–H groups in total. The van der Waals surface area contributed by atoms with Crippen molar-refractivity contribution in [2.24, 2.45) is 5.14 Å². The SMILES string of the molecule is CCOC(C)CNC(=O)c1cc(S(N)(=O)=O)cc(F)c1F. The third-order valence-corrected chi connectivity index (χ3v) is 3.47. The zero-order valence-corrected chi connectivity index (χ0v) is 12.3. The number of ether oxygens (including phenoxy) is 1. The number of amides is 1. The van der Waals surface area contributed by atoms with Crippen molar-refractivity contribution >= 4 is 15.9 Å². The number of nitrogens with two attached hydrogens (primary N) is 1. The summed E-state index contributed by atoms with van der Waals surface area (Å²) in [5, 5.41) is 7.16. The van der Waals surface area contributed by atoms with E-state index in [1.165, 1.54) is 0 Å². The Labute approximate surface area is 121 Å². The molecule has 1 rings (SSSR count). The van der Waals surface area contributed by atoms with Gasteiger partial charge in [-0.2, -0.15) is 0 Å². The van der Waals surface area contributed by atoms with Crippen molar-refractivity contribution in [1.82, 2.24) is 5.32 Å². The Bertz CT molecular complexity index is 634. The summed E-state index contributed by atoms with van der Waals surface area (Å²) in [5.74, 6) is -3.86. The molecule has 0 aliphatic heterocycles. The number of hydrogen-bond donors (Lipinski definition) is 2. The largest absolute Gasteiger partial charge is 0.377 e. The molecule has 0 saturated carbocycles. The second-order valence-corrected chi connectivity index (χ2v) is 5.85. The van der Waals surface area contributed by atoms with Crippen LogP contribution in [0.2, 0.25) is 0 Å². The van der Waals surface area contributed by atoms with Crippen LogP contribution in [0.15, 0.2) is 17.0 Å². The van der Waals surface area contributed by atoms with Gasteiger partial charge in [-0.05, 0) is 26.0 Å². The van der Waals surface area contributed by atoms with Gasteiger partial charge in [-0.25, -0.2) is 22.3 Å². The van der Waals surface area contributed by atoms with Crippen LogP contribution in [0.5, 0.6) is 0 Å². The first-order valence-corrected chi connectivity index (χ1v) is 7.63. The standard InChI is InChI=1S/C12H16F2N2O4S/c1-3-20-7(2)6-16-12(17)9-4-8(21(15,18)19)5-10(13)11(9)14/h4-5,7H,3,6H2,1-2H3,(H,16,17)(H2,15,18,19). The highest BCUT2D eigenvalue weighted by Crippen LogP contribution is 2.18. The maximum atomic E-state index is 13.6. The van der Waals surface area contributed by atoms with Gasteiger partial charge in [0.05, 0.1) is 16.6 Å². The zero-order chi connectivity index (χ0) is 16.2. The second-order valence-electron chi connectivity index (χ2n) is 4.29. The first-order chi connectivity index (χ1) is 9.66. The van der Waals surface area contributed by atoms with Gasteiger partial charge in [-0.3, -0.25) is 4.79 Å². The maximum Gasteiger partial charge on any atom is 0.254 e. The minimum absolute atomic E-state index is 0.0628. The molecule has 0 spiro atoms. The molecule has 0 radical (unpaired) electrons. The van der Waals surface area contributed by atoms with E-state index in [9.17, 15) is 22.0 Å². The lowest BCUT2D eigenvalue weighted by Crippen LogP contribution is -2.33. The van der Waals surface area contributed by atoms with Crippen LogP contribution in [0.25, 0.3) is 0 Å². The molecule has 1 aromatic carbocycles. The Morgan fingerprint density at radius 3 is 2.57 bits per heavy atom. The normalized spacial score (nSPS) is 13.0. The lowest BCUT2D eigenvalue weighted by atomic mass is 10.2. The van der Waals surface area contributed by atoms with Crippen molar-refractivity contribution in [3.63, 3.8) is 0 Å². The fraction of sp³-hybridized carbons (Fsp3) is 0.417. The minimum Gasteiger partial charge on any atom is -0.377 e. The fourth-order valence-electron chi connectivity index (χ4n) is 1.57.